The van der Waals surface area contributed by atoms with Gasteiger partial charge in [-0.25, -0.2) is 18.6 Å². The van der Waals surface area contributed by atoms with Crippen LogP contribution in [0.2, 0.25) is 0 Å². The van der Waals surface area contributed by atoms with E-state index in [2.05, 4.69) is 9.97 Å². The highest BCUT2D eigenvalue weighted by Crippen LogP contribution is 2.40. The predicted octanol–water partition coefficient (Wildman–Crippen LogP) is 4.11. The summed E-state index contributed by atoms with van der Waals surface area (Å²) in [5, 5.41) is 5.55. The Morgan fingerprint density at radius 3 is 2.70 bits per heavy atom. The third-order valence-electron chi connectivity index (χ3n) is 4.73. The van der Waals surface area contributed by atoms with Crippen molar-refractivity contribution in [2.45, 2.75) is 56.4 Å². The van der Waals surface area contributed by atoms with Crippen molar-refractivity contribution in [1.29, 1.82) is 0 Å². The molecule has 0 saturated carbocycles. The molecule has 0 amide bonds. The van der Waals surface area contributed by atoms with Crippen molar-refractivity contribution in [2.75, 3.05) is 0 Å². The molecule has 0 bridgehead atoms. The van der Waals surface area contributed by atoms with Gasteiger partial charge in [-0.3, -0.25) is 5.14 Å². The largest absolute Gasteiger partial charge is 0.441 e. The Balaban J connectivity index is 1.99. The van der Waals surface area contributed by atoms with Gasteiger partial charge >= 0.3 is 6.18 Å². The molecule has 27 heavy (non-hydrogen) atoms. The fourth-order valence-electron chi connectivity index (χ4n) is 3.25. The van der Waals surface area contributed by atoms with Crippen molar-refractivity contribution in [2.24, 2.45) is 5.14 Å². The monoisotopic (exact) mass is 405 g/mol. The molecule has 0 aliphatic heterocycles. The van der Waals surface area contributed by atoms with Crippen molar-refractivity contribution in [3.05, 3.63) is 35.2 Å². The zero-order chi connectivity index (χ0) is 20.0. The van der Waals surface area contributed by atoms with Gasteiger partial charge in [0, 0.05) is 12.3 Å². The molecule has 0 fully saturated rings. The van der Waals surface area contributed by atoms with Crippen LogP contribution in [0.3, 0.4) is 0 Å². The maximum Gasteiger partial charge on any atom is 0.433 e. The number of nitrogens with zero attached hydrogens (tertiary/aromatic N) is 2. The Bertz CT molecular complexity index is 880. The molecular formula is C17H19F4N3O2S. The van der Waals surface area contributed by atoms with E-state index in [1.54, 1.807) is 13.8 Å². The summed E-state index contributed by atoms with van der Waals surface area (Å²) < 4.78 is 69.4. The van der Waals surface area contributed by atoms with Crippen LogP contribution >= 0.6 is 0 Å². The van der Waals surface area contributed by atoms with Crippen LogP contribution in [-0.4, -0.2) is 18.9 Å². The van der Waals surface area contributed by atoms with E-state index in [1.165, 1.54) is 0 Å². The highest BCUT2D eigenvalue weighted by atomic mass is 32.2. The van der Waals surface area contributed by atoms with E-state index in [0.717, 1.165) is 12.8 Å². The van der Waals surface area contributed by atoms with E-state index < -0.39 is 33.4 Å². The van der Waals surface area contributed by atoms with Crippen LogP contribution in [0.1, 0.15) is 56.2 Å². The van der Waals surface area contributed by atoms with Crippen LogP contribution < -0.4 is 5.14 Å². The number of aromatic nitrogens is 2. The summed E-state index contributed by atoms with van der Waals surface area (Å²) in [6.45, 7) is 3.55. The number of halogens is 4. The first-order valence-corrected chi connectivity index (χ1v) is 9.59. The molecule has 2 heterocycles. The van der Waals surface area contributed by atoms with Crippen LogP contribution in [-0.2, 0) is 23.6 Å². The predicted molar refractivity (Wildman–Crippen MR) is 91.4 cm³/mol. The van der Waals surface area contributed by atoms with Gasteiger partial charge in [-0.05, 0) is 39.2 Å². The van der Waals surface area contributed by atoms with Crippen molar-refractivity contribution in [3.63, 3.8) is 0 Å². The molecule has 2 N–H and O–H groups in total. The minimum absolute atomic E-state index is 0.110. The fourth-order valence-corrected chi connectivity index (χ4v) is 3.62. The smallest absolute Gasteiger partial charge is 0.433 e. The maximum atomic E-state index is 14.1. The molecule has 2 aromatic rings. The van der Waals surface area contributed by atoms with Gasteiger partial charge in [0.05, 0.1) is 33.2 Å². The molecule has 2 aromatic heterocycles. The molecule has 148 valence electrons. The first-order valence-electron chi connectivity index (χ1n) is 8.38. The van der Waals surface area contributed by atoms with Gasteiger partial charge in [-0.2, -0.15) is 13.2 Å². The summed E-state index contributed by atoms with van der Waals surface area (Å²) in [5.74, 6) is -0.740. The topological polar surface area (TPSA) is 82.0 Å². The van der Waals surface area contributed by atoms with E-state index in [9.17, 15) is 21.8 Å². The maximum absolute atomic E-state index is 14.1. The fraction of sp³-hybridized carbons (Fsp3) is 0.529. The minimum Gasteiger partial charge on any atom is -0.441 e. The van der Waals surface area contributed by atoms with Crippen LogP contribution in [0.5, 0.6) is 0 Å². The second-order valence-corrected chi connectivity index (χ2v) is 8.92. The number of alkyl halides is 3. The summed E-state index contributed by atoms with van der Waals surface area (Å²) in [4.78, 5) is 7.37. The highest BCUT2D eigenvalue weighted by molar-refractivity contribution is 7.84. The molecule has 2 atom stereocenters. The van der Waals surface area contributed by atoms with Gasteiger partial charge in [0.25, 0.3) is 0 Å². The average Bonchev–Trinajstić information content (AvgIpc) is 2.98. The lowest BCUT2D eigenvalue weighted by Gasteiger charge is -2.28. The third kappa shape index (κ3) is 4.06. The van der Waals surface area contributed by atoms with Crippen molar-refractivity contribution in [1.82, 2.24) is 9.97 Å². The van der Waals surface area contributed by atoms with Gasteiger partial charge < -0.3 is 4.42 Å². The zero-order valence-corrected chi connectivity index (χ0v) is 15.6. The number of fused-ring (bicyclic) bond motifs is 1. The van der Waals surface area contributed by atoms with E-state index in [1.807, 2.05) is 0 Å². The summed E-state index contributed by atoms with van der Waals surface area (Å²) >= 11 is 0. The van der Waals surface area contributed by atoms with Crippen molar-refractivity contribution >= 4 is 11.0 Å². The first kappa shape index (κ1) is 19.9. The number of nitrogens with two attached hydrogens (primary N) is 1. The lowest BCUT2D eigenvalue weighted by Crippen LogP contribution is -2.34. The molecule has 3 rings (SSSR count). The van der Waals surface area contributed by atoms with E-state index in [4.69, 9.17) is 9.56 Å². The molecular weight excluding hydrogens is 386 g/mol. The molecule has 0 spiro atoms. The number of pyridine rings is 1. The van der Waals surface area contributed by atoms with Gasteiger partial charge in [-0.1, -0.05) is 0 Å². The first-order chi connectivity index (χ1) is 12.5. The zero-order valence-electron chi connectivity index (χ0n) is 14.8. The summed E-state index contributed by atoms with van der Waals surface area (Å²) in [6.07, 6.45) is -1.62. The van der Waals surface area contributed by atoms with Crippen LogP contribution in [0.15, 0.2) is 16.7 Å². The molecule has 0 saturated heterocycles. The Hall–Kier alpha value is -1.81. The van der Waals surface area contributed by atoms with Crippen molar-refractivity contribution in [3.8, 4) is 11.5 Å². The Morgan fingerprint density at radius 2 is 2.07 bits per heavy atom. The second-order valence-electron chi connectivity index (χ2n) is 7.22. The van der Waals surface area contributed by atoms with Gasteiger partial charge in [0.2, 0.25) is 5.89 Å². The van der Waals surface area contributed by atoms with Gasteiger partial charge in [0.15, 0.2) is 5.82 Å². The highest BCUT2D eigenvalue weighted by Gasteiger charge is 2.36. The van der Waals surface area contributed by atoms with Gasteiger partial charge in [-0.15, -0.1) is 0 Å². The molecule has 1 aliphatic carbocycles. The molecule has 1 aliphatic rings. The Kier molecular flexibility index (Phi) is 5.15. The number of aryl methyl sites for hydroxylation is 1. The Labute approximate surface area is 156 Å². The SMILES string of the molecule is CC(C)(C[C@@H]1CCCc2oc(-c3cc(C(F)(F)F)ncc3F)nc21)S(N)=O. The molecule has 1 unspecified atom stereocenters. The van der Waals surface area contributed by atoms with E-state index in [-0.39, 0.29) is 17.4 Å². The average molecular weight is 405 g/mol. The molecule has 5 nitrogen and oxygen atoms in total. The molecule has 0 radical (unpaired) electrons. The minimum atomic E-state index is -4.70. The van der Waals surface area contributed by atoms with Crippen LogP contribution in [0.4, 0.5) is 17.6 Å². The normalized spacial score (nSPS) is 19.0. The van der Waals surface area contributed by atoms with Crippen LogP contribution in [0.25, 0.3) is 11.5 Å². The summed E-state index contributed by atoms with van der Waals surface area (Å²) in [6, 6.07) is 0.598. The standard InChI is InChI=1S/C17H19F4N3O2S/c1-16(2,27(22)25)7-9-4-3-5-12-14(9)24-15(26-12)10-6-13(17(19,20)21)23-8-11(10)18/h6,8-9H,3-5,7,22H2,1-2H3/t9-,27?/m0/s1. The molecule has 10 heteroatoms. The lowest BCUT2D eigenvalue weighted by atomic mass is 9.84. The molecule has 0 aromatic carbocycles. The second kappa shape index (κ2) is 6.97. The van der Waals surface area contributed by atoms with E-state index >= 15 is 0 Å². The quantitative estimate of drug-likeness (QED) is 0.777. The number of oxazole rings is 1. The lowest BCUT2D eigenvalue weighted by molar-refractivity contribution is -0.141. The summed E-state index contributed by atoms with van der Waals surface area (Å²) in [5.41, 5.74) is -1.03. The Morgan fingerprint density at radius 1 is 1.37 bits per heavy atom. The summed E-state index contributed by atoms with van der Waals surface area (Å²) in [7, 11) is -1.55. The van der Waals surface area contributed by atoms with Crippen molar-refractivity contribution < 1.29 is 26.2 Å². The van der Waals surface area contributed by atoms with Gasteiger partial charge in [0.1, 0.15) is 11.5 Å². The van der Waals surface area contributed by atoms with E-state index in [0.29, 0.717) is 36.6 Å². The number of rotatable bonds is 4. The van der Waals surface area contributed by atoms with Crippen LogP contribution in [0, 0.1) is 5.82 Å². The number of hydrogen-bond donors (Lipinski definition) is 1. The third-order valence-corrected chi connectivity index (χ3v) is 5.99. The number of hydrogen-bond acceptors (Lipinski definition) is 4.